The van der Waals surface area contributed by atoms with Gasteiger partial charge in [0.25, 0.3) is 0 Å². The van der Waals surface area contributed by atoms with Crippen LogP contribution in [0.4, 0.5) is 0 Å². The smallest absolute Gasteiger partial charge is 0.0110 e. The largest absolute Gasteiger partial charge is 0.122 e. The Balaban J connectivity index is 2.23. The van der Waals surface area contributed by atoms with Crippen LogP contribution in [0.1, 0.15) is 25.3 Å². The fourth-order valence-corrected chi connectivity index (χ4v) is 2.66. The second-order valence-corrected chi connectivity index (χ2v) is 4.47. The molecule has 2 rings (SSSR count). The van der Waals surface area contributed by atoms with Crippen LogP contribution < -0.4 is 0 Å². The highest BCUT2D eigenvalue weighted by atomic mass is 32.2. The first-order valence-corrected chi connectivity index (χ1v) is 5.37. The van der Waals surface area contributed by atoms with Crippen LogP contribution >= 0.6 is 11.8 Å². The van der Waals surface area contributed by atoms with Crippen LogP contribution in [-0.4, -0.2) is 5.25 Å². The summed E-state index contributed by atoms with van der Waals surface area (Å²) in [7, 11) is 0. The first-order valence-electron chi connectivity index (χ1n) is 4.49. The van der Waals surface area contributed by atoms with Crippen molar-refractivity contribution in [3.05, 3.63) is 36.2 Å². The molecule has 0 spiro atoms. The molecule has 0 N–H and O–H groups in total. The number of hydrogen-bond acceptors (Lipinski definition) is 1. The standard InChI is InChI=1S/C11H13S/c1-2-10-8-7-9-5-3-4-6-11(9)12-10/h3-7,10H,2,8H2,1H3. The van der Waals surface area contributed by atoms with E-state index in [2.05, 4.69) is 37.6 Å². The lowest BCUT2D eigenvalue weighted by Crippen LogP contribution is -2.07. The van der Waals surface area contributed by atoms with Gasteiger partial charge in [-0.25, -0.2) is 0 Å². The van der Waals surface area contributed by atoms with Crippen molar-refractivity contribution >= 4 is 11.8 Å². The molecule has 1 aromatic carbocycles. The zero-order valence-corrected chi connectivity index (χ0v) is 8.10. The number of fused-ring (bicyclic) bond motifs is 1. The van der Waals surface area contributed by atoms with E-state index in [1.807, 2.05) is 11.8 Å². The Hall–Kier alpha value is -0.430. The normalized spacial score (nSPS) is 21.9. The van der Waals surface area contributed by atoms with Crippen molar-refractivity contribution in [1.29, 1.82) is 0 Å². The van der Waals surface area contributed by atoms with Crippen molar-refractivity contribution in [3.8, 4) is 0 Å². The lowest BCUT2D eigenvalue weighted by molar-refractivity contribution is 0.796. The molecule has 1 aliphatic heterocycles. The van der Waals surface area contributed by atoms with Crippen LogP contribution in [0.25, 0.3) is 0 Å². The van der Waals surface area contributed by atoms with Gasteiger partial charge in [0.05, 0.1) is 0 Å². The maximum absolute atomic E-state index is 2.36. The molecule has 0 aromatic heterocycles. The highest BCUT2D eigenvalue weighted by molar-refractivity contribution is 8.00. The van der Waals surface area contributed by atoms with E-state index in [0.29, 0.717) is 0 Å². The molecule has 0 saturated carbocycles. The first-order chi connectivity index (χ1) is 5.90. The maximum Gasteiger partial charge on any atom is 0.0110 e. The summed E-state index contributed by atoms with van der Waals surface area (Å²) in [6.07, 6.45) is 4.87. The topological polar surface area (TPSA) is 0 Å². The number of benzene rings is 1. The van der Waals surface area contributed by atoms with E-state index in [0.717, 1.165) is 5.25 Å². The summed E-state index contributed by atoms with van der Waals surface area (Å²) in [5, 5.41) is 0.805. The van der Waals surface area contributed by atoms with E-state index >= 15 is 0 Å². The predicted octanol–water partition coefficient (Wildman–Crippen LogP) is 3.51. The Morgan fingerprint density at radius 2 is 2.25 bits per heavy atom. The molecular formula is C11H13S. The molecule has 1 unspecified atom stereocenters. The van der Waals surface area contributed by atoms with Crippen molar-refractivity contribution < 1.29 is 0 Å². The fraction of sp³-hybridized carbons (Fsp3) is 0.364. The summed E-state index contributed by atoms with van der Waals surface area (Å²) in [4.78, 5) is 1.45. The van der Waals surface area contributed by atoms with Gasteiger partial charge >= 0.3 is 0 Å². The van der Waals surface area contributed by atoms with E-state index in [1.54, 1.807) is 0 Å². The Kier molecular flexibility index (Phi) is 2.40. The van der Waals surface area contributed by atoms with Gasteiger partial charge in [-0.2, -0.15) is 0 Å². The minimum absolute atomic E-state index is 0.805. The SMILES string of the molecule is CCC1C[CH]c2ccccc2S1. The van der Waals surface area contributed by atoms with Gasteiger partial charge in [0.15, 0.2) is 0 Å². The van der Waals surface area contributed by atoms with Gasteiger partial charge < -0.3 is 0 Å². The van der Waals surface area contributed by atoms with Gasteiger partial charge in [-0.3, -0.25) is 0 Å². The zero-order chi connectivity index (χ0) is 8.39. The highest BCUT2D eigenvalue weighted by Crippen LogP contribution is 2.37. The molecule has 0 fully saturated rings. The Morgan fingerprint density at radius 1 is 1.42 bits per heavy atom. The molecule has 1 radical (unpaired) electrons. The second-order valence-electron chi connectivity index (χ2n) is 3.13. The molecule has 1 aromatic rings. The van der Waals surface area contributed by atoms with Crippen LogP contribution in [0.5, 0.6) is 0 Å². The van der Waals surface area contributed by atoms with E-state index in [9.17, 15) is 0 Å². The molecule has 0 saturated heterocycles. The third kappa shape index (κ3) is 1.51. The molecule has 0 nitrogen and oxygen atoms in total. The molecule has 63 valence electrons. The van der Waals surface area contributed by atoms with Crippen molar-refractivity contribution in [2.45, 2.75) is 29.9 Å². The lowest BCUT2D eigenvalue weighted by atomic mass is 10.1. The van der Waals surface area contributed by atoms with Crippen molar-refractivity contribution in [1.82, 2.24) is 0 Å². The highest BCUT2D eigenvalue weighted by Gasteiger charge is 2.16. The molecule has 1 heterocycles. The minimum Gasteiger partial charge on any atom is -0.122 e. The zero-order valence-electron chi connectivity index (χ0n) is 7.29. The van der Waals surface area contributed by atoms with Gasteiger partial charge in [-0.1, -0.05) is 25.1 Å². The molecular weight excluding hydrogens is 164 g/mol. The molecule has 1 aliphatic rings. The van der Waals surface area contributed by atoms with Crippen molar-refractivity contribution in [2.75, 3.05) is 0 Å². The van der Waals surface area contributed by atoms with Crippen LogP contribution in [-0.2, 0) is 0 Å². The van der Waals surface area contributed by atoms with Crippen LogP contribution in [0.2, 0.25) is 0 Å². The molecule has 1 atom stereocenters. The van der Waals surface area contributed by atoms with E-state index in [4.69, 9.17) is 0 Å². The molecule has 12 heavy (non-hydrogen) atoms. The van der Waals surface area contributed by atoms with Crippen molar-refractivity contribution in [3.63, 3.8) is 0 Å². The van der Waals surface area contributed by atoms with Crippen LogP contribution in [0, 0.1) is 6.42 Å². The summed E-state index contributed by atoms with van der Waals surface area (Å²) in [6, 6.07) is 8.66. The van der Waals surface area contributed by atoms with Gasteiger partial charge in [0.2, 0.25) is 0 Å². The van der Waals surface area contributed by atoms with E-state index in [-0.39, 0.29) is 0 Å². The Morgan fingerprint density at radius 3 is 3.08 bits per heavy atom. The molecule has 1 heteroatoms. The first kappa shape index (κ1) is 8.18. The molecule has 0 bridgehead atoms. The van der Waals surface area contributed by atoms with Gasteiger partial charge in [0.1, 0.15) is 0 Å². The predicted molar refractivity (Wildman–Crippen MR) is 54.4 cm³/mol. The summed E-state index contributed by atoms with van der Waals surface area (Å²) < 4.78 is 0. The molecule has 0 aliphatic carbocycles. The minimum atomic E-state index is 0.805. The van der Waals surface area contributed by atoms with Gasteiger partial charge in [-0.15, -0.1) is 11.8 Å². The number of rotatable bonds is 1. The summed E-state index contributed by atoms with van der Waals surface area (Å²) >= 11 is 2.03. The summed E-state index contributed by atoms with van der Waals surface area (Å²) in [6.45, 7) is 2.26. The third-order valence-electron chi connectivity index (χ3n) is 2.27. The van der Waals surface area contributed by atoms with E-state index < -0.39 is 0 Å². The quantitative estimate of drug-likeness (QED) is 0.632. The monoisotopic (exact) mass is 177 g/mol. The fourth-order valence-electron chi connectivity index (χ4n) is 1.49. The van der Waals surface area contributed by atoms with Crippen LogP contribution in [0.15, 0.2) is 29.2 Å². The third-order valence-corrected chi connectivity index (χ3v) is 3.75. The molecule has 0 amide bonds. The van der Waals surface area contributed by atoms with Gasteiger partial charge in [-0.05, 0) is 30.9 Å². The number of thioether (sulfide) groups is 1. The Bertz CT molecular complexity index is 267. The second kappa shape index (κ2) is 3.53. The average Bonchev–Trinajstić information content (AvgIpc) is 2.17. The van der Waals surface area contributed by atoms with Crippen LogP contribution in [0.3, 0.4) is 0 Å². The van der Waals surface area contributed by atoms with Crippen molar-refractivity contribution in [2.24, 2.45) is 0 Å². The Labute approximate surface area is 78.4 Å². The summed E-state index contributed by atoms with van der Waals surface area (Å²) in [5.41, 5.74) is 1.42. The van der Waals surface area contributed by atoms with Gasteiger partial charge in [0, 0.05) is 10.1 Å². The lowest BCUT2D eigenvalue weighted by Gasteiger charge is -2.22. The average molecular weight is 177 g/mol. The summed E-state index contributed by atoms with van der Waals surface area (Å²) in [5.74, 6) is 0. The van der Waals surface area contributed by atoms with E-state index in [1.165, 1.54) is 23.3 Å². The maximum atomic E-state index is 2.36. The number of hydrogen-bond donors (Lipinski definition) is 0.